The van der Waals surface area contributed by atoms with Crippen molar-refractivity contribution in [1.29, 1.82) is 0 Å². The van der Waals surface area contributed by atoms with Gasteiger partial charge in [0.15, 0.2) is 0 Å². The van der Waals surface area contributed by atoms with Crippen LogP contribution in [0.2, 0.25) is 0 Å². The van der Waals surface area contributed by atoms with Crippen molar-refractivity contribution in [3.63, 3.8) is 0 Å². The second-order valence-corrected chi connectivity index (χ2v) is 7.28. The van der Waals surface area contributed by atoms with E-state index in [1.165, 1.54) is 5.56 Å². The predicted molar refractivity (Wildman–Crippen MR) is 97.3 cm³/mol. The van der Waals surface area contributed by atoms with E-state index in [1.54, 1.807) is 6.92 Å². The third-order valence-electron chi connectivity index (χ3n) is 5.56. The Balaban J connectivity index is 1.65. The van der Waals surface area contributed by atoms with Crippen molar-refractivity contribution in [1.82, 2.24) is 14.9 Å². The number of hydrogen-bond acceptors (Lipinski definition) is 4. The lowest BCUT2D eigenvalue weighted by molar-refractivity contribution is -0.130. The Hall–Kier alpha value is -2.43. The molecule has 0 unspecified atom stereocenters. The minimum atomic E-state index is 0.159. The van der Waals surface area contributed by atoms with E-state index in [0.29, 0.717) is 11.8 Å². The summed E-state index contributed by atoms with van der Waals surface area (Å²) in [5.41, 5.74) is 3.16. The summed E-state index contributed by atoms with van der Waals surface area (Å²) in [4.78, 5) is 25.8. The molecule has 0 spiro atoms. The molecule has 5 nitrogen and oxygen atoms in total. The van der Waals surface area contributed by atoms with Crippen molar-refractivity contribution >= 4 is 11.7 Å². The molecule has 1 aromatic heterocycles. The molecule has 5 heteroatoms. The van der Waals surface area contributed by atoms with Crippen LogP contribution in [0, 0.1) is 25.7 Å². The second-order valence-electron chi connectivity index (χ2n) is 7.28. The van der Waals surface area contributed by atoms with Gasteiger partial charge in [-0.1, -0.05) is 30.3 Å². The maximum absolute atomic E-state index is 12.2. The molecule has 2 aromatic rings. The van der Waals surface area contributed by atoms with Gasteiger partial charge in [-0.05, 0) is 19.4 Å². The zero-order valence-corrected chi connectivity index (χ0v) is 15.0. The molecule has 0 saturated carbocycles. The van der Waals surface area contributed by atoms with E-state index in [1.807, 2.05) is 26.1 Å². The van der Waals surface area contributed by atoms with Crippen LogP contribution in [-0.2, 0) is 4.79 Å². The number of benzene rings is 1. The number of rotatable bonds is 2. The lowest BCUT2D eigenvalue weighted by Crippen LogP contribution is -2.34. The summed E-state index contributed by atoms with van der Waals surface area (Å²) in [6.45, 7) is 8.38. The zero-order valence-electron chi connectivity index (χ0n) is 15.0. The molecule has 0 N–H and O–H groups in total. The quantitative estimate of drug-likeness (QED) is 0.846. The van der Waals surface area contributed by atoms with Crippen LogP contribution in [0.4, 0.5) is 5.82 Å². The normalized spacial score (nSPS) is 25.3. The monoisotopic (exact) mass is 336 g/mol. The summed E-state index contributed by atoms with van der Waals surface area (Å²) in [6, 6.07) is 10.6. The molecule has 1 aromatic carbocycles. The van der Waals surface area contributed by atoms with Gasteiger partial charge >= 0.3 is 0 Å². The van der Waals surface area contributed by atoms with E-state index < -0.39 is 0 Å². The van der Waals surface area contributed by atoms with Gasteiger partial charge < -0.3 is 9.80 Å². The van der Waals surface area contributed by atoms with E-state index in [9.17, 15) is 4.79 Å². The predicted octanol–water partition coefficient (Wildman–Crippen LogP) is 2.75. The van der Waals surface area contributed by atoms with Gasteiger partial charge in [-0.25, -0.2) is 4.98 Å². The maximum atomic E-state index is 12.2. The molecule has 2 aliphatic rings. The van der Waals surface area contributed by atoms with Gasteiger partial charge in [-0.2, -0.15) is 0 Å². The van der Waals surface area contributed by atoms with Crippen LogP contribution in [0.25, 0.3) is 0 Å². The average molecular weight is 336 g/mol. The molecule has 1 amide bonds. The van der Waals surface area contributed by atoms with Gasteiger partial charge in [0.1, 0.15) is 5.82 Å². The van der Waals surface area contributed by atoms with Crippen LogP contribution < -0.4 is 4.90 Å². The third kappa shape index (κ3) is 2.77. The second kappa shape index (κ2) is 6.14. The summed E-state index contributed by atoms with van der Waals surface area (Å²) >= 11 is 0. The Labute approximate surface area is 148 Å². The molecule has 0 bridgehead atoms. The maximum Gasteiger partial charge on any atom is 0.219 e. The summed E-state index contributed by atoms with van der Waals surface area (Å²) < 4.78 is 0. The molecule has 3 heterocycles. The first kappa shape index (κ1) is 16.1. The Morgan fingerprint density at radius 2 is 1.88 bits per heavy atom. The summed E-state index contributed by atoms with van der Waals surface area (Å²) in [5.74, 6) is 2.08. The summed E-state index contributed by atoms with van der Waals surface area (Å²) in [7, 11) is 0. The van der Waals surface area contributed by atoms with Gasteiger partial charge in [-0.3, -0.25) is 9.78 Å². The van der Waals surface area contributed by atoms with Gasteiger partial charge in [0.25, 0.3) is 0 Å². The Morgan fingerprint density at radius 1 is 1.12 bits per heavy atom. The van der Waals surface area contributed by atoms with E-state index >= 15 is 0 Å². The number of hydrogen-bond donors (Lipinski definition) is 0. The first-order valence-electron chi connectivity index (χ1n) is 8.92. The van der Waals surface area contributed by atoms with E-state index in [0.717, 1.165) is 36.8 Å². The van der Waals surface area contributed by atoms with Crippen molar-refractivity contribution < 1.29 is 4.79 Å². The first-order chi connectivity index (χ1) is 12.0. The first-order valence-corrected chi connectivity index (χ1v) is 8.92. The molecule has 2 aliphatic heterocycles. The van der Waals surface area contributed by atoms with Crippen LogP contribution in [-0.4, -0.2) is 40.4 Å². The fraction of sp³-hybridized carbons (Fsp3) is 0.450. The average Bonchev–Trinajstić information content (AvgIpc) is 3.15. The number of carbonyl (C=O) groups is 1. The van der Waals surface area contributed by atoms with Gasteiger partial charge in [0.2, 0.25) is 5.91 Å². The Kier molecular flexibility index (Phi) is 3.94. The molecule has 25 heavy (non-hydrogen) atoms. The molecule has 2 saturated heterocycles. The molecule has 2 fully saturated rings. The highest BCUT2D eigenvalue weighted by Crippen LogP contribution is 2.45. The fourth-order valence-electron chi connectivity index (χ4n) is 4.44. The third-order valence-corrected chi connectivity index (χ3v) is 5.56. The number of amides is 1. The number of aromatic nitrogens is 2. The van der Waals surface area contributed by atoms with Crippen molar-refractivity contribution in [2.24, 2.45) is 11.8 Å². The topological polar surface area (TPSA) is 49.3 Å². The Bertz CT molecular complexity index is 792. The number of nitrogens with zero attached hydrogens (tertiary/aromatic N) is 4. The van der Waals surface area contributed by atoms with Crippen molar-refractivity contribution in [2.45, 2.75) is 26.8 Å². The van der Waals surface area contributed by atoms with Gasteiger partial charge in [0, 0.05) is 44.6 Å². The van der Waals surface area contributed by atoms with Crippen LogP contribution in [0.15, 0.2) is 36.5 Å². The van der Waals surface area contributed by atoms with Crippen molar-refractivity contribution in [3.05, 3.63) is 53.5 Å². The molecule has 3 atom stereocenters. The lowest BCUT2D eigenvalue weighted by Gasteiger charge is -2.29. The molecule has 4 rings (SSSR count). The molecule has 0 aliphatic carbocycles. The van der Waals surface area contributed by atoms with E-state index in [-0.39, 0.29) is 11.9 Å². The molecule has 130 valence electrons. The highest BCUT2D eigenvalue weighted by Gasteiger charge is 2.48. The minimum absolute atomic E-state index is 0.159. The Morgan fingerprint density at radius 3 is 2.60 bits per heavy atom. The SMILES string of the molecule is CC(=O)N1C[C@H]2CN(c3nc(C)cnc3C)C[C@H]2[C@@H]1c1ccccc1. The highest BCUT2D eigenvalue weighted by molar-refractivity contribution is 5.74. The van der Waals surface area contributed by atoms with Gasteiger partial charge in [0.05, 0.1) is 17.4 Å². The summed E-state index contributed by atoms with van der Waals surface area (Å²) in [5, 5.41) is 0. The zero-order chi connectivity index (χ0) is 17.6. The minimum Gasteiger partial charge on any atom is -0.354 e. The number of likely N-dealkylation sites (tertiary alicyclic amines) is 1. The standard InChI is InChI=1S/C20H24N4O/c1-13-9-21-14(2)20(22-13)23-10-17-11-24(15(3)25)19(18(17)12-23)16-7-5-4-6-8-16/h4-9,17-19H,10-12H2,1-3H3/t17-,18-,19+/m1/s1. The number of fused-ring (bicyclic) bond motifs is 1. The molecular weight excluding hydrogens is 312 g/mol. The van der Waals surface area contributed by atoms with E-state index in [4.69, 9.17) is 4.98 Å². The van der Waals surface area contributed by atoms with Crippen LogP contribution in [0.5, 0.6) is 0 Å². The van der Waals surface area contributed by atoms with E-state index in [2.05, 4.69) is 39.0 Å². The summed E-state index contributed by atoms with van der Waals surface area (Å²) in [6.07, 6.45) is 1.82. The number of carbonyl (C=O) groups excluding carboxylic acids is 1. The lowest BCUT2D eigenvalue weighted by atomic mass is 9.89. The smallest absolute Gasteiger partial charge is 0.219 e. The van der Waals surface area contributed by atoms with Gasteiger partial charge in [-0.15, -0.1) is 0 Å². The van der Waals surface area contributed by atoms with Crippen LogP contribution >= 0.6 is 0 Å². The molecule has 0 radical (unpaired) electrons. The van der Waals surface area contributed by atoms with Crippen molar-refractivity contribution in [2.75, 3.05) is 24.5 Å². The largest absolute Gasteiger partial charge is 0.354 e. The fourth-order valence-corrected chi connectivity index (χ4v) is 4.44. The van der Waals surface area contributed by atoms with Crippen LogP contribution in [0.3, 0.4) is 0 Å². The number of anilines is 1. The highest BCUT2D eigenvalue weighted by atomic mass is 16.2. The molecular formula is C20H24N4O. The van der Waals surface area contributed by atoms with Crippen LogP contribution in [0.1, 0.15) is 29.9 Å². The van der Waals surface area contributed by atoms with Crippen molar-refractivity contribution in [3.8, 4) is 0 Å². The number of aryl methyl sites for hydroxylation is 2.